The van der Waals surface area contributed by atoms with Crippen LogP contribution in [-0.4, -0.2) is 300 Å². The number of hydrogen-bond donors (Lipinski definition) is 0. The molecule has 5 nitrogen and oxygen atoms in total. The summed E-state index contributed by atoms with van der Waals surface area (Å²) in [4.78, 5) is 0. The van der Waals surface area contributed by atoms with E-state index in [1.54, 1.807) is 0 Å². The first-order valence-corrected chi connectivity index (χ1v) is 0. The second kappa shape index (κ2) is 145. The van der Waals surface area contributed by atoms with Gasteiger partial charge in [0.2, 0.25) is 0 Å². The first kappa shape index (κ1) is 163. The predicted octanol–water partition coefficient (Wildman–Crippen LogP) is -4.78. The van der Waals surface area contributed by atoms with Gasteiger partial charge in [-0.2, -0.15) is 0 Å². The average Bonchev–Trinajstić information content (AvgIpc) is 0. The Morgan fingerprint density at radius 1 is 0.125 bits per heavy atom. The second-order valence-corrected chi connectivity index (χ2v) is 0. The van der Waals surface area contributed by atoms with Gasteiger partial charge in [-0.15, -0.1) is 0 Å². The molecule has 0 rings (SSSR count). The zero-order chi connectivity index (χ0) is 0. The van der Waals surface area contributed by atoms with Crippen LogP contribution in [0.15, 0.2) is 0 Å². The summed E-state index contributed by atoms with van der Waals surface area (Å²) in [5.74, 6) is 0. The van der Waals surface area contributed by atoms with Crippen molar-refractivity contribution in [2.45, 2.75) is 0 Å². The monoisotopic (exact) mass is 2370 g/mol. The van der Waals surface area contributed by atoms with Crippen LogP contribution in [0.5, 0.6) is 0 Å². The van der Waals surface area contributed by atoms with Crippen LogP contribution in [0.1, 0.15) is 0 Å². The Bertz CT molecular complexity index is 14.3. The molecule has 0 amide bonds. The Kier molecular flexibility index (Phi) is 1480. The fraction of sp³-hybridized carbons (Fsp3) is 0. The summed E-state index contributed by atoms with van der Waals surface area (Å²) in [5, 5.41) is 0. The van der Waals surface area contributed by atoms with Crippen molar-refractivity contribution in [2.24, 2.45) is 0 Å². The molecule has 0 aliphatic carbocycles. The van der Waals surface area contributed by atoms with E-state index in [0.29, 0.717) is 0 Å². The molecule has 0 aromatic rings. The normalized spacial score (nSPS) is 0. The van der Waals surface area contributed by atoms with Gasteiger partial charge in [0.25, 0.3) is 0 Å². The van der Waals surface area contributed by atoms with Gasteiger partial charge in [-0.3, -0.25) is 0 Å². The van der Waals surface area contributed by atoms with E-state index in [9.17, 15) is 0 Å². The average molecular weight is 2360 g/mol. The summed E-state index contributed by atoms with van der Waals surface area (Å²) < 4.78 is 0. The molecule has 0 atom stereocenters. The zero-order valence-electron chi connectivity index (χ0n) is 7.54. The Hall–Kier alpha value is 9.94. The maximum atomic E-state index is 0. The number of rotatable bonds is 0. The smallest absolute Gasteiger partial charge is 2.00 e. The second-order valence-electron chi connectivity index (χ2n) is 0. The van der Waals surface area contributed by atoms with Crippen molar-refractivity contribution in [3.63, 3.8) is 0 Å². The van der Waals surface area contributed by atoms with Gasteiger partial charge in [0.15, 0.2) is 0 Å². The summed E-state index contributed by atoms with van der Waals surface area (Å²) in [7, 11) is 0. The van der Waals surface area contributed by atoms with Gasteiger partial charge >= 0.3 is 300 Å². The van der Waals surface area contributed by atoms with Crippen molar-refractivity contribution in [1.82, 2.24) is 0 Å². The van der Waals surface area contributed by atoms with Crippen LogP contribution in [0.3, 0.4) is 0 Å². The molecule has 0 saturated heterocycles. The largest absolute Gasteiger partial charge is 2.00 e. The van der Waals surface area contributed by atoms with E-state index in [-0.39, 0.29) is 328 Å². The summed E-state index contributed by atoms with van der Waals surface area (Å²) >= 11 is 0. The molecule has 0 saturated carbocycles. The quantitative estimate of drug-likeness (QED) is 0.215. The van der Waals surface area contributed by atoms with Crippen LogP contribution in [-0.2, 0) is 27.4 Å². The molecule has 0 aliphatic rings. The van der Waals surface area contributed by atoms with Crippen molar-refractivity contribution < 1.29 is 27.4 Å². The molecular formula is O5Pb11+12. The van der Waals surface area contributed by atoms with E-state index in [2.05, 4.69) is 0 Å². The van der Waals surface area contributed by atoms with Crippen molar-refractivity contribution in [3.05, 3.63) is 0 Å². The third kappa shape index (κ3) is 127. The van der Waals surface area contributed by atoms with Crippen molar-refractivity contribution in [1.29, 1.82) is 0 Å². The standard InChI is InChI=1S/5O.11Pb/q5*-2;11*+2. The van der Waals surface area contributed by atoms with Crippen LogP contribution < -0.4 is 0 Å². The molecule has 22 radical (unpaired) electrons. The molecule has 16 heteroatoms. The maximum Gasteiger partial charge on any atom is 2.00 e. The van der Waals surface area contributed by atoms with Crippen LogP contribution in [0, 0.1) is 0 Å². The zero-order valence-corrected chi connectivity index (χ0v) is 50.3. The molecule has 0 aromatic heterocycles. The minimum Gasteiger partial charge on any atom is -2.00 e. The van der Waals surface area contributed by atoms with E-state index in [4.69, 9.17) is 0 Å². The van der Waals surface area contributed by atoms with Gasteiger partial charge in [-0.1, -0.05) is 0 Å². The molecule has 0 aromatic carbocycles. The molecule has 0 N–H and O–H groups in total. The van der Waals surface area contributed by atoms with Gasteiger partial charge in [-0.25, -0.2) is 0 Å². The predicted molar refractivity (Wildman–Crippen MR) is 66.7 cm³/mol. The minimum absolute atomic E-state index is 0. The van der Waals surface area contributed by atoms with E-state index in [0.717, 1.165) is 0 Å². The molecule has 16 heavy (non-hydrogen) atoms. The van der Waals surface area contributed by atoms with E-state index in [1.165, 1.54) is 0 Å². The topological polar surface area (TPSA) is 142 Å². The van der Waals surface area contributed by atoms with Crippen LogP contribution >= 0.6 is 0 Å². The minimum atomic E-state index is 0. The van der Waals surface area contributed by atoms with Gasteiger partial charge < -0.3 is 27.4 Å². The molecule has 0 heterocycles. The molecule has 0 bridgehead atoms. The van der Waals surface area contributed by atoms with Gasteiger partial charge in [0.1, 0.15) is 0 Å². The Balaban J connectivity index is 0. The number of hydrogen-bond acceptors (Lipinski definition) is 0. The molecule has 0 spiro atoms. The van der Waals surface area contributed by atoms with E-state index >= 15 is 0 Å². The van der Waals surface area contributed by atoms with Crippen LogP contribution in [0.4, 0.5) is 0 Å². The Morgan fingerprint density at radius 3 is 0.125 bits per heavy atom. The van der Waals surface area contributed by atoms with Crippen LogP contribution in [0.25, 0.3) is 0 Å². The third-order valence-corrected chi connectivity index (χ3v) is 0. The van der Waals surface area contributed by atoms with Crippen molar-refractivity contribution in [2.75, 3.05) is 0 Å². The molecule has 0 fully saturated rings. The maximum absolute atomic E-state index is 0. The SMILES string of the molecule is [O-2].[O-2].[O-2].[O-2].[O-2].[Pb+2].[Pb+2].[Pb+2].[Pb+2].[Pb+2].[Pb+2].[Pb+2].[Pb+2].[Pb+2].[Pb+2].[Pb+2]. The third-order valence-electron chi connectivity index (χ3n) is 0. The Morgan fingerprint density at radius 2 is 0.125 bits per heavy atom. The summed E-state index contributed by atoms with van der Waals surface area (Å²) in [6, 6.07) is 0. The van der Waals surface area contributed by atoms with E-state index < -0.39 is 0 Å². The fourth-order valence-electron chi connectivity index (χ4n) is 0. The van der Waals surface area contributed by atoms with Gasteiger partial charge in [0.05, 0.1) is 0 Å². The molecule has 0 unspecified atom stereocenters. The summed E-state index contributed by atoms with van der Waals surface area (Å²) in [5.41, 5.74) is 0. The van der Waals surface area contributed by atoms with Crippen LogP contribution in [0.2, 0.25) is 0 Å². The molecule has 0 aliphatic heterocycles. The molecule has 62 valence electrons. The summed E-state index contributed by atoms with van der Waals surface area (Å²) in [6.07, 6.45) is 0. The Labute approximate surface area is 318 Å². The van der Waals surface area contributed by atoms with E-state index in [1.807, 2.05) is 0 Å². The summed E-state index contributed by atoms with van der Waals surface area (Å²) in [6.45, 7) is 0. The molecular weight excluding hydrogens is 2360 g/mol. The fourth-order valence-corrected chi connectivity index (χ4v) is 0. The first-order valence-electron chi connectivity index (χ1n) is 0. The first-order chi connectivity index (χ1) is 0. The van der Waals surface area contributed by atoms with Crippen molar-refractivity contribution >= 4 is 300 Å². The van der Waals surface area contributed by atoms with Gasteiger partial charge in [0, 0.05) is 0 Å². The van der Waals surface area contributed by atoms with Gasteiger partial charge in [-0.05, 0) is 0 Å². The van der Waals surface area contributed by atoms with Crippen molar-refractivity contribution in [3.8, 4) is 0 Å².